The van der Waals surface area contributed by atoms with Gasteiger partial charge in [0.05, 0.1) is 23.4 Å². The van der Waals surface area contributed by atoms with Crippen LogP contribution in [-0.2, 0) is 4.74 Å². The van der Waals surface area contributed by atoms with Crippen LogP contribution >= 0.6 is 15.9 Å². The summed E-state index contributed by atoms with van der Waals surface area (Å²) in [6.45, 7) is 2.64. The molecule has 0 spiro atoms. The molecular formula is C14H15BrN4O2. The molecule has 2 saturated heterocycles. The van der Waals surface area contributed by atoms with Crippen LogP contribution < -0.4 is 0 Å². The third kappa shape index (κ3) is 1.94. The minimum Gasteiger partial charge on any atom is -0.444 e. The maximum absolute atomic E-state index is 11.9. The highest BCUT2D eigenvalue weighted by Crippen LogP contribution is 2.37. The van der Waals surface area contributed by atoms with E-state index >= 15 is 0 Å². The number of fused-ring (bicyclic) bond motifs is 2. The van der Waals surface area contributed by atoms with E-state index in [-0.39, 0.29) is 24.2 Å². The normalized spacial score (nSPS) is 28.8. The Morgan fingerprint density at radius 2 is 2.29 bits per heavy atom. The summed E-state index contributed by atoms with van der Waals surface area (Å²) < 4.78 is 8.07. The average molecular weight is 351 g/mol. The van der Waals surface area contributed by atoms with Crippen molar-refractivity contribution in [1.82, 2.24) is 19.3 Å². The molecule has 0 N–H and O–H groups in total. The molecule has 4 heterocycles. The fraction of sp³-hybridized carbons (Fsp3) is 0.500. The van der Waals surface area contributed by atoms with Crippen LogP contribution in [0.4, 0.5) is 4.79 Å². The van der Waals surface area contributed by atoms with Gasteiger partial charge in [-0.3, -0.25) is 9.38 Å². The lowest BCUT2D eigenvalue weighted by atomic mass is 9.89. The molecule has 2 fully saturated rings. The summed E-state index contributed by atoms with van der Waals surface area (Å²) in [6, 6.07) is 0.212. The molecule has 2 aromatic rings. The lowest BCUT2D eigenvalue weighted by Gasteiger charge is -2.33. The zero-order valence-corrected chi connectivity index (χ0v) is 13.2. The molecule has 0 aliphatic carbocycles. The van der Waals surface area contributed by atoms with Crippen LogP contribution in [-0.4, -0.2) is 44.1 Å². The summed E-state index contributed by atoms with van der Waals surface area (Å²) in [5.74, 6) is 0.226. The van der Waals surface area contributed by atoms with Gasteiger partial charge in [0.15, 0.2) is 4.73 Å². The number of aromatic nitrogens is 3. The van der Waals surface area contributed by atoms with E-state index in [1.807, 2.05) is 28.6 Å². The quantitative estimate of drug-likeness (QED) is 0.792. The van der Waals surface area contributed by atoms with E-state index in [1.165, 1.54) is 0 Å². The number of piperidine rings is 1. The van der Waals surface area contributed by atoms with Crippen molar-refractivity contribution >= 4 is 27.5 Å². The topological polar surface area (TPSA) is 59.7 Å². The number of rotatable bonds is 1. The number of imidazole rings is 1. The number of carbonyl (C=O) groups excluding carboxylic acids is 1. The van der Waals surface area contributed by atoms with E-state index in [1.54, 1.807) is 6.20 Å². The fourth-order valence-corrected chi connectivity index (χ4v) is 3.94. The van der Waals surface area contributed by atoms with Crippen LogP contribution in [0.1, 0.15) is 31.4 Å². The minimum atomic E-state index is -0.196. The Morgan fingerprint density at radius 3 is 3.14 bits per heavy atom. The third-order valence-electron chi connectivity index (χ3n) is 4.51. The Morgan fingerprint density at radius 1 is 1.43 bits per heavy atom. The number of cyclic esters (lactones) is 1. The summed E-state index contributed by atoms with van der Waals surface area (Å²) in [7, 11) is 0. The Labute approximate surface area is 130 Å². The molecule has 0 radical (unpaired) electrons. The molecule has 2 aromatic heterocycles. The number of carbonyl (C=O) groups is 1. The third-order valence-corrected chi connectivity index (χ3v) is 5.07. The molecule has 21 heavy (non-hydrogen) atoms. The van der Waals surface area contributed by atoms with Crippen molar-refractivity contribution in [3.63, 3.8) is 0 Å². The number of hydrogen-bond donors (Lipinski definition) is 0. The number of nitrogens with zero attached hydrogens (tertiary/aromatic N) is 4. The molecule has 0 bridgehead atoms. The summed E-state index contributed by atoms with van der Waals surface area (Å²) in [4.78, 5) is 22.6. The molecule has 0 aromatic carbocycles. The second-order valence-electron chi connectivity index (χ2n) is 5.68. The van der Waals surface area contributed by atoms with Crippen molar-refractivity contribution < 1.29 is 9.53 Å². The molecule has 7 heteroatoms. The van der Waals surface area contributed by atoms with Crippen LogP contribution in [0.2, 0.25) is 0 Å². The molecule has 1 amide bonds. The second-order valence-corrected chi connectivity index (χ2v) is 6.39. The van der Waals surface area contributed by atoms with Crippen molar-refractivity contribution in [3.05, 3.63) is 29.0 Å². The Kier molecular flexibility index (Phi) is 2.92. The van der Waals surface area contributed by atoms with E-state index in [4.69, 9.17) is 4.74 Å². The fourth-order valence-electron chi connectivity index (χ4n) is 3.44. The second kappa shape index (κ2) is 4.69. The highest BCUT2D eigenvalue weighted by Gasteiger charge is 2.43. The molecule has 2 aliphatic rings. The van der Waals surface area contributed by atoms with Crippen LogP contribution in [0, 0.1) is 0 Å². The van der Waals surface area contributed by atoms with E-state index < -0.39 is 0 Å². The predicted molar refractivity (Wildman–Crippen MR) is 79.1 cm³/mol. The Bertz CT molecular complexity index is 716. The zero-order chi connectivity index (χ0) is 14.6. The van der Waals surface area contributed by atoms with Gasteiger partial charge in [0, 0.05) is 24.9 Å². The van der Waals surface area contributed by atoms with Crippen molar-refractivity contribution in [1.29, 1.82) is 0 Å². The molecule has 1 unspecified atom stereocenters. The SMILES string of the molecule is CC1OC(=O)N2C[C@H](c3nc(Br)n4ccncc34)CC[C@@H]12. The highest BCUT2D eigenvalue weighted by atomic mass is 79.9. The first-order chi connectivity index (χ1) is 10.1. The Hall–Kier alpha value is -1.63. The van der Waals surface area contributed by atoms with Crippen LogP contribution in [0.15, 0.2) is 23.3 Å². The first-order valence-corrected chi connectivity index (χ1v) is 7.89. The molecule has 6 nitrogen and oxygen atoms in total. The van der Waals surface area contributed by atoms with Crippen LogP contribution in [0.3, 0.4) is 0 Å². The van der Waals surface area contributed by atoms with Crippen molar-refractivity contribution in [2.45, 2.75) is 37.8 Å². The zero-order valence-electron chi connectivity index (χ0n) is 11.6. The molecule has 2 aliphatic heterocycles. The van der Waals surface area contributed by atoms with Gasteiger partial charge < -0.3 is 9.64 Å². The van der Waals surface area contributed by atoms with Gasteiger partial charge in [-0.2, -0.15) is 0 Å². The molecular weight excluding hydrogens is 336 g/mol. The molecule has 0 saturated carbocycles. The maximum Gasteiger partial charge on any atom is 0.410 e. The van der Waals surface area contributed by atoms with E-state index in [0.717, 1.165) is 28.8 Å². The van der Waals surface area contributed by atoms with Gasteiger partial charge in [0.2, 0.25) is 0 Å². The number of ether oxygens (including phenoxy) is 1. The minimum absolute atomic E-state index is 0.00871. The van der Waals surface area contributed by atoms with Crippen LogP contribution in [0.5, 0.6) is 0 Å². The molecule has 4 rings (SSSR count). The summed E-state index contributed by atoms with van der Waals surface area (Å²) in [5.41, 5.74) is 1.99. The lowest BCUT2D eigenvalue weighted by molar-refractivity contribution is 0.137. The molecule has 110 valence electrons. The number of halogens is 1. The first-order valence-electron chi connectivity index (χ1n) is 7.10. The largest absolute Gasteiger partial charge is 0.444 e. The van der Waals surface area contributed by atoms with Gasteiger partial charge in [-0.15, -0.1) is 0 Å². The monoisotopic (exact) mass is 350 g/mol. The standard InChI is InChI=1S/C14H15BrN4O2/c1-8-10-3-2-9(7-19(10)14(20)21-8)12-11-6-16-4-5-18(11)13(15)17-12/h4-6,8-10H,2-3,7H2,1H3/t8?,9-,10+/m1/s1. The average Bonchev–Trinajstić information content (AvgIpc) is 2.98. The van der Waals surface area contributed by atoms with Gasteiger partial charge in [-0.25, -0.2) is 9.78 Å². The highest BCUT2D eigenvalue weighted by molar-refractivity contribution is 9.10. The number of hydrogen-bond acceptors (Lipinski definition) is 4. The van der Waals surface area contributed by atoms with Crippen molar-refractivity contribution in [2.75, 3.05) is 6.54 Å². The Balaban J connectivity index is 1.69. The predicted octanol–water partition coefficient (Wildman–Crippen LogP) is 2.58. The van der Waals surface area contributed by atoms with Gasteiger partial charge in [0.1, 0.15) is 6.10 Å². The van der Waals surface area contributed by atoms with Crippen LogP contribution in [0.25, 0.3) is 5.52 Å². The van der Waals surface area contributed by atoms with E-state index in [2.05, 4.69) is 25.9 Å². The summed E-state index contributed by atoms with van der Waals surface area (Å²) in [5, 5.41) is 0. The van der Waals surface area contributed by atoms with Gasteiger partial charge >= 0.3 is 6.09 Å². The maximum atomic E-state index is 11.9. The molecule has 3 atom stereocenters. The van der Waals surface area contributed by atoms with Crippen molar-refractivity contribution in [3.8, 4) is 0 Å². The van der Waals surface area contributed by atoms with Gasteiger partial charge in [-0.1, -0.05) is 0 Å². The summed E-state index contributed by atoms with van der Waals surface area (Å²) in [6.07, 6.45) is 7.20. The smallest absolute Gasteiger partial charge is 0.410 e. The number of amides is 1. The van der Waals surface area contributed by atoms with E-state index in [0.29, 0.717) is 6.54 Å². The van der Waals surface area contributed by atoms with Gasteiger partial charge in [-0.05, 0) is 35.7 Å². The van der Waals surface area contributed by atoms with E-state index in [9.17, 15) is 4.79 Å². The lowest BCUT2D eigenvalue weighted by Crippen LogP contribution is -2.42. The van der Waals surface area contributed by atoms with Crippen molar-refractivity contribution in [2.24, 2.45) is 0 Å². The first kappa shape index (κ1) is 13.1. The summed E-state index contributed by atoms with van der Waals surface area (Å²) >= 11 is 3.48. The van der Waals surface area contributed by atoms with Gasteiger partial charge in [0.25, 0.3) is 0 Å².